The Hall–Kier alpha value is -4.70. The first-order valence-electron chi connectivity index (χ1n) is 16.1. The number of carbonyl (C=O) groups excluding carboxylic acids is 1. The molecule has 0 amide bonds. The highest BCUT2D eigenvalue weighted by molar-refractivity contribution is 7.16. The van der Waals surface area contributed by atoms with Crippen LogP contribution >= 0.6 is 11.3 Å². The summed E-state index contributed by atoms with van der Waals surface area (Å²) in [4.78, 5) is 37.6. The van der Waals surface area contributed by atoms with E-state index < -0.39 is 10.8 Å². The molecule has 0 saturated heterocycles. The molecule has 0 radical (unpaired) electrons. The van der Waals surface area contributed by atoms with Crippen molar-refractivity contribution in [3.05, 3.63) is 51.6 Å². The summed E-state index contributed by atoms with van der Waals surface area (Å²) in [6, 6.07) is 4.12. The summed E-state index contributed by atoms with van der Waals surface area (Å²) in [7, 11) is 3.83. The number of aliphatic imine (C=N–C) groups is 1. The Kier molecular flexibility index (Phi) is 7.28. The van der Waals surface area contributed by atoms with Crippen molar-refractivity contribution in [1.29, 1.82) is 5.26 Å². The molecule has 0 N–H and O–H groups in total. The van der Waals surface area contributed by atoms with E-state index >= 15 is 0 Å². The molecule has 4 aromatic rings. The van der Waals surface area contributed by atoms with Gasteiger partial charge >= 0.3 is 0 Å². The van der Waals surface area contributed by atoms with Crippen molar-refractivity contribution < 1.29 is 18.8 Å². The number of fused-ring (bicyclic) bond motifs is 4. The third-order valence-corrected chi connectivity index (χ3v) is 10.8. The molecule has 4 aliphatic rings. The maximum Gasteiger partial charge on any atom is 0.226 e. The molecular weight excluding hydrogens is 616 g/mol. The molecular formula is C34H34N8O4S. The zero-order valence-corrected chi connectivity index (χ0v) is 27.2. The Morgan fingerprint density at radius 3 is 2.72 bits per heavy atom. The quantitative estimate of drug-likeness (QED) is 0.112. The molecule has 0 unspecified atom stereocenters. The van der Waals surface area contributed by atoms with E-state index in [1.165, 1.54) is 11.2 Å². The van der Waals surface area contributed by atoms with Crippen LogP contribution in [-0.2, 0) is 23.1 Å². The number of hydrogen-bond donors (Lipinski definition) is 0. The molecule has 4 heterocycles. The van der Waals surface area contributed by atoms with E-state index in [0.717, 1.165) is 98.1 Å². The molecule has 1 atom stereocenters. The molecule has 240 valence electrons. The van der Waals surface area contributed by atoms with E-state index in [1.54, 1.807) is 29.9 Å². The minimum Gasteiger partial charge on any atom is -0.476 e. The molecule has 1 spiro atoms. The topological polar surface area (TPSA) is 153 Å². The largest absolute Gasteiger partial charge is 0.476 e. The summed E-state index contributed by atoms with van der Waals surface area (Å²) < 4.78 is 18.7. The minimum atomic E-state index is -0.476. The Labute approximate surface area is 275 Å². The fourth-order valence-electron chi connectivity index (χ4n) is 6.93. The van der Waals surface area contributed by atoms with Crippen LogP contribution in [0, 0.1) is 16.7 Å². The van der Waals surface area contributed by atoms with Gasteiger partial charge in [0.2, 0.25) is 11.8 Å². The highest BCUT2D eigenvalue weighted by Gasteiger charge is 2.49. The standard InChI is InChI=1S/C34H34N8O4S/c1-42(2)19-38-32-22(14-35)27-24(47-32)6-4-10-34(27)9-3-5-21-29(41-46-30(21)34)31-39-25(44-17-33(16-43)11-12-33)13-26(40-31)45-23-15-36-18-37-28(23)20-7-8-20/h13,15-16,18-20H,3-12,17H2,1-2H3/t34-/m0/s1. The third kappa shape index (κ3) is 5.34. The van der Waals surface area contributed by atoms with Crippen molar-refractivity contribution in [3.63, 3.8) is 0 Å². The maximum absolute atomic E-state index is 11.7. The van der Waals surface area contributed by atoms with Crippen LogP contribution in [-0.4, -0.2) is 63.3 Å². The van der Waals surface area contributed by atoms with E-state index in [-0.39, 0.29) is 18.4 Å². The van der Waals surface area contributed by atoms with E-state index in [2.05, 4.69) is 26.2 Å². The van der Waals surface area contributed by atoms with Gasteiger partial charge in [-0.2, -0.15) is 15.2 Å². The van der Waals surface area contributed by atoms with Gasteiger partial charge < -0.3 is 23.7 Å². The molecule has 47 heavy (non-hydrogen) atoms. The number of rotatable bonds is 10. The summed E-state index contributed by atoms with van der Waals surface area (Å²) in [5, 5.41) is 15.7. The van der Waals surface area contributed by atoms with E-state index in [4.69, 9.17) is 24.0 Å². The first-order valence-corrected chi connectivity index (χ1v) is 17.0. The van der Waals surface area contributed by atoms with Crippen LogP contribution in [0.15, 0.2) is 28.1 Å². The molecule has 0 bridgehead atoms. The summed E-state index contributed by atoms with van der Waals surface area (Å²) >= 11 is 1.60. The lowest BCUT2D eigenvalue weighted by Crippen LogP contribution is -2.35. The van der Waals surface area contributed by atoms with Gasteiger partial charge in [-0.1, -0.05) is 5.16 Å². The first-order chi connectivity index (χ1) is 22.9. The highest BCUT2D eigenvalue weighted by atomic mass is 32.1. The van der Waals surface area contributed by atoms with E-state index in [0.29, 0.717) is 28.7 Å². The summed E-state index contributed by atoms with van der Waals surface area (Å²) in [5.74, 6) is 2.54. The lowest BCUT2D eigenvalue weighted by atomic mass is 9.63. The molecule has 0 aromatic carbocycles. The number of aldehydes is 1. The number of ether oxygens (including phenoxy) is 2. The second kappa shape index (κ2) is 11.5. The van der Waals surface area contributed by atoms with Crippen LogP contribution in [0.4, 0.5) is 5.00 Å². The predicted molar refractivity (Wildman–Crippen MR) is 172 cm³/mol. The molecule has 4 aliphatic carbocycles. The van der Waals surface area contributed by atoms with Gasteiger partial charge in [0.05, 0.1) is 40.7 Å². The summed E-state index contributed by atoms with van der Waals surface area (Å²) in [5.41, 5.74) is 3.04. The van der Waals surface area contributed by atoms with Gasteiger partial charge in [-0.15, -0.1) is 11.3 Å². The number of aryl methyl sites for hydroxylation is 1. The maximum atomic E-state index is 11.7. The van der Waals surface area contributed by atoms with Crippen LogP contribution in [0.1, 0.15) is 90.3 Å². The van der Waals surface area contributed by atoms with Crippen LogP contribution < -0.4 is 9.47 Å². The molecule has 0 aliphatic heterocycles. The number of nitriles is 1. The molecule has 8 rings (SSSR count). The van der Waals surface area contributed by atoms with Gasteiger partial charge in [0.25, 0.3) is 0 Å². The van der Waals surface area contributed by atoms with E-state index in [9.17, 15) is 10.1 Å². The first kappa shape index (κ1) is 29.7. The average Bonchev–Trinajstić information content (AvgIpc) is 4.00. The van der Waals surface area contributed by atoms with Crippen LogP contribution in [0.25, 0.3) is 11.5 Å². The van der Waals surface area contributed by atoms with Crippen molar-refractivity contribution in [2.24, 2.45) is 10.4 Å². The molecule has 2 fully saturated rings. The smallest absolute Gasteiger partial charge is 0.226 e. The second-order valence-electron chi connectivity index (χ2n) is 13.3. The van der Waals surface area contributed by atoms with Crippen molar-refractivity contribution in [3.8, 4) is 35.1 Å². The molecule has 13 heteroatoms. The fourth-order valence-corrected chi connectivity index (χ4v) is 8.16. The van der Waals surface area contributed by atoms with Gasteiger partial charge in [-0.3, -0.25) is 0 Å². The molecule has 12 nitrogen and oxygen atoms in total. The Balaban J connectivity index is 1.20. The monoisotopic (exact) mass is 650 g/mol. The average molecular weight is 651 g/mol. The van der Waals surface area contributed by atoms with Crippen LogP contribution in [0.2, 0.25) is 0 Å². The van der Waals surface area contributed by atoms with E-state index in [1.807, 2.05) is 19.0 Å². The highest BCUT2D eigenvalue weighted by Crippen LogP contribution is 2.56. The summed E-state index contributed by atoms with van der Waals surface area (Å²) in [6.45, 7) is 0.227. The zero-order chi connectivity index (χ0) is 32.2. The normalized spacial score (nSPS) is 20.8. The van der Waals surface area contributed by atoms with Crippen molar-refractivity contribution >= 4 is 29.0 Å². The number of aromatic nitrogens is 5. The van der Waals surface area contributed by atoms with Gasteiger partial charge in [-0.25, -0.2) is 15.0 Å². The van der Waals surface area contributed by atoms with Gasteiger partial charge in [-0.05, 0) is 69.8 Å². The lowest BCUT2D eigenvalue weighted by molar-refractivity contribution is -0.113. The van der Waals surface area contributed by atoms with Gasteiger partial charge in [0.1, 0.15) is 30.3 Å². The number of thiophene rings is 1. The third-order valence-electron chi connectivity index (χ3n) is 9.65. The number of nitrogens with zero attached hydrogens (tertiary/aromatic N) is 8. The van der Waals surface area contributed by atoms with Crippen molar-refractivity contribution in [2.75, 3.05) is 20.7 Å². The number of carbonyl (C=O) groups is 1. The van der Waals surface area contributed by atoms with Crippen LogP contribution in [0.5, 0.6) is 17.5 Å². The minimum absolute atomic E-state index is 0.227. The predicted octanol–water partition coefficient (Wildman–Crippen LogP) is 6.06. The second-order valence-corrected chi connectivity index (χ2v) is 14.4. The van der Waals surface area contributed by atoms with Crippen molar-refractivity contribution in [2.45, 2.75) is 75.5 Å². The summed E-state index contributed by atoms with van der Waals surface area (Å²) in [6.07, 6.45) is 14.8. The van der Waals surface area contributed by atoms with Gasteiger partial charge in [0.15, 0.2) is 23.0 Å². The van der Waals surface area contributed by atoms with Crippen molar-refractivity contribution in [1.82, 2.24) is 30.0 Å². The lowest BCUT2D eigenvalue weighted by Gasteiger charge is -2.39. The molecule has 2 saturated carbocycles. The molecule has 4 aromatic heterocycles. The Morgan fingerprint density at radius 1 is 1.17 bits per heavy atom. The Bertz CT molecular complexity index is 1930. The fraction of sp³-hybridized carbons (Fsp3) is 0.471. The van der Waals surface area contributed by atoms with Gasteiger partial charge in [0, 0.05) is 30.5 Å². The van der Waals surface area contributed by atoms with Crippen LogP contribution in [0.3, 0.4) is 0 Å². The zero-order valence-electron chi connectivity index (χ0n) is 26.4. The SMILES string of the molecule is CN(C)C=Nc1sc2c(c1C#N)[C@@]1(CCC2)CCCc2c(-c3nc(OCC4(C=O)CC4)cc(Oc4cncnc4C4CC4)n3)noc21. The number of hydrogen-bond acceptors (Lipinski definition) is 12. The Morgan fingerprint density at radius 2 is 1.98 bits per heavy atom.